The van der Waals surface area contributed by atoms with Crippen molar-refractivity contribution in [1.82, 2.24) is 15.2 Å². The van der Waals surface area contributed by atoms with E-state index >= 15 is 0 Å². The summed E-state index contributed by atoms with van der Waals surface area (Å²) in [5.41, 5.74) is 0. The maximum Gasteiger partial charge on any atom is 0.293 e. The molecule has 0 aliphatic rings. The summed E-state index contributed by atoms with van der Waals surface area (Å²) in [6, 6.07) is 0. The Morgan fingerprint density at radius 1 is 1.47 bits per heavy atom. The second-order valence-electron chi connectivity index (χ2n) is 4.32. The van der Waals surface area contributed by atoms with E-state index in [0.29, 0.717) is 31.2 Å². The summed E-state index contributed by atoms with van der Waals surface area (Å²) in [7, 11) is 0. The van der Waals surface area contributed by atoms with Crippen LogP contribution >= 0.6 is 0 Å². The van der Waals surface area contributed by atoms with Gasteiger partial charge in [-0.25, -0.2) is 4.98 Å². The predicted molar refractivity (Wildman–Crippen MR) is 61.3 cm³/mol. The third-order valence-electron chi connectivity index (χ3n) is 2.30. The molecule has 2 unspecified atom stereocenters. The van der Waals surface area contributed by atoms with Crippen LogP contribution in [-0.2, 0) is 20.7 Å². The number of rotatable bonds is 8. The highest BCUT2D eigenvalue weighted by Gasteiger charge is 2.21. The molecule has 2 atom stereocenters. The molecule has 0 aliphatic heterocycles. The van der Waals surface area contributed by atoms with Gasteiger partial charge in [-0.05, 0) is 12.8 Å². The van der Waals surface area contributed by atoms with Gasteiger partial charge in [0.05, 0.1) is 6.10 Å². The molecule has 1 aromatic heterocycles. The van der Waals surface area contributed by atoms with Crippen LogP contribution in [0, 0.1) is 5.92 Å². The number of hydrogen-bond donors (Lipinski definition) is 1. The van der Waals surface area contributed by atoms with Gasteiger partial charge in [0.25, 0.3) is 6.47 Å². The molecule has 0 aliphatic carbocycles. The van der Waals surface area contributed by atoms with Crippen LogP contribution in [0.5, 0.6) is 0 Å². The molecule has 1 rings (SSSR count). The highest BCUT2D eigenvalue weighted by Crippen LogP contribution is 2.09. The highest BCUT2D eigenvalue weighted by molar-refractivity contribution is 5.37. The van der Waals surface area contributed by atoms with Gasteiger partial charge < -0.3 is 9.47 Å². The summed E-state index contributed by atoms with van der Waals surface area (Å²) in [6.07, 6.45) is 1.40. The molecule has 0 bridgehead atoms. The second kappa shape index (κ2) is 7.01. The number of carbonyl (C=O) groups excluding carboxylic acids is 1. The first-order chi connectivity index (χ1) is 8.13. The molecule has 6 nitrogen and oxygen atoms in total. The molecular weight excluding hydrogens is 222 g/mol. The largest absolute Gasteiger partial charge is 0.461 e. The van der Waals surface area contributed by atoms with Gasteiger partial charge in [-0.1, -0.05) is 13.8 Å². The molecule has 1 heterocycles. The number of ether oxygens (including phenoxy) is 2. The van der Waals surface area contributed by atoms with Crippen LogP contribution in [0.3, 0.4) is 0 Å². The number of H-pyrrole nitrogens is 1. The fourth-order valence-corrected chi connectivity index (χ4v) is 1.36. The number of hydrogen-bond acceptors (Lipinski definition) is 5. The predicted octanol–water partition coefficient (Wildman–Crippen LogP) is 0.950. The van der Waals surface area contributed by atoms with Crippen molar-refractivity contribution in [2.24, 2.45) is 5.92 Å². The lowest BCUT2D eigenvalue weighted by molar-refractivity contribution is -0.141. The summed E-state index contributed by atoms with van der Waals surface area (Å²) in [4.78, 5) is 14.5. The molecule has 1 aromatic rings. The average Bonchev–Trinajstić information content (AvgIpc) is 2.78. The minimum atomic E-state index is -0.359. The molecule has 6 heteroatoms. The summed E-state index contributed by atoms with van der Waals surface area (Å²) in [6.45, 7) is 7.08. The van der Waals surface area contributed by atoms with Crippen LogP contribution in [0.4, 0.5) is 0 Å². The van der Waals surface area contributed by atoms with Gasteiger partial charge >= 0.3 is 0 Å². The van der Waals surface area contributed by atoms with Crippen LogP contribution < -0.4 is 0 Å². The molecular formula is C11H19N3O3. The van der Waals surface area contributed by atoms with Gasteiger partial charge in [-0.3, -0.25) is 9.89 Å². The molecule has 0 fully saturated rings. The zero-order chi connectivity index (χ0) is 12.7. The molecule has 0 amide bonds. The normalized spacial score (nSPS) is 14.6. The van der Waals surface area contributed by atoms with Crippen molar-refractivity contribution >= 4 is 6.47 Å². The van der Waals surface area contributed by atoms with Crippen LogP contribution in [-0.4, -0.2) is 40.5 Å². The first-order valence-corrected chi connectivity index (χ1v) is 5.68. The molecule has 0 aromatic carbocycles. The second-order valence-corrected chi connectivity index (χ2v) is 4.32. The van der Waals surface area contributed by atoms with Crippen molar-refractivity contribution in [3.63, 3.8) is 0 Å². The molecule has 17 heavy (non-hydrogen) atoms. The fraction of sp³-hybridized carbons (Fsp3) is 0.727. The lowest BCUT2D eigenvalue weighted by Crippen LogP contribution is -2.32. The average molecular weight is 241 g/mol. The van der Waals surface area contributed by atoms with E-state index in [0.717, 1.165) is 0 Å². The Morgan fingerprint density at radius 3 is 2.76 bits per heavy atom. The maximum absolute atomic E-state index is 10.5. The Bertz CT molecular complexity index is 314. The number of aromatic amines is 1. The third-order valence-corrected chi connectivity index (χ3v) is 2.30. The van der Waals surface area contributed by atoms with Gasteiger partial charge in [-0.2, -0.15) is 5.10 Å². The van der Waals surface area contributed by atoms with Crippen molar-refractivity contribution in [3.8, 4) is 0 Å². The standard InChI is InChI=1S/C11H19N3O3/c1-8(2)5-16-9(3)10(17-7-15)4-11-12-6-13-14-11/h6-10H,4-5H2,1-3H3,(H,12,13,14). The summed E-state index contributed by atoms with van der Waals surface area (Å²) >= 11 is 0. The van der Waals surface area contributed by atoms with Crippen molar-refractivity contribution in [2.75, 3.05) is 6.61 Å². The topological polar surface area (TPSA) is 77.1 Å². The number of nitrogens with one attached hydrogen (secondary N) is 1. The van der Waals surface area contributed by atoms with Crippen LogP contribution in [0.15, 0.2) is 6.33 Å². The fourth-order valence-electron chi connectivity index (χ4n) is 1.36. The van der Waals surface area contributed by atoms with Crippen molar-refractivity contribution in [1.29, 1.82) is 0 Å². The van der Waals surface area contributed by atoms with E-state index in [9.17, 15) is 4.79 Å². The van der Waals surface area contributed by atoms with E-state index in [-0.39, 0.29) is 12.2 Å². The van der Waals surface area contributed by atoms with Gasteiger partial charge in [0.2, 0.25) is 0 Å². The van der Waals surface area contributed by atoms with Crippen molar-refractivity contribution in [3.05, 3.63) is 12.2 Å². The zero-order valence-electron chi connectivity index (χ0n) is 10.4. The highest BCUT2D eigenvalue weighted by atomic mass is 16.6. The Hall–Kier alpha value is -1.43. The first kappa shape index (κ1) is 13.6. The molecule has 96 valence electrons. The summed E-state index contributed by atoms with van der Waals surface area (Å²) < 4.78 is 10.6. The van der Waals surface area contributed by atoms with Crippen molar-refractivity contribution < 1.29 is 14.3 Å². The van der Waals surface area contributed by atoms with E-state index in [1.807, 2.05) is 6.92 Å². The van der Waals surface area contributed by atoms with Gasteiger partial charge in [0.1, 0.15) is 12.4 Å². The Kier molecular flexibility index (Phi) is 5.62. The molecule has 1 N–H and O–H groups in total. The maximum atomic E-state index is 10.5. The van der Waals surface area contributed by atoms with Gasteiger partial charge in [0.15, 0.2) is 5.82 Å². The number of aromatic nitrogens is 3. The lowest BCUT2D eigenvalue weighted by Gasteiger charge is -2.22. The SMILES string of the molecule is CC(C)COC(C)C(Cc1nc[nH]n1)OC=O. The Morgan fingerprint density at radius 2 is 2.24 bits per heavy atom. The molecule has 0 saturated heterocycles. The van der Waals surface area contributed by atoms with E-state index < -0.39 is 0 Å². The van der Waals surface area contributed by atoms with Crippen LogP contribution in [0.25, 0.3) is 0 Å². The molecule has 0 radical (unpaired) electrons. The quantitative estimate of drug-likeness (QED) is 0.686. The minimum absolute atomic E-state index is 0.180. The smallest absolute Gasteiger partial charge is 0.293 e. The molecule has 0 saturated carbocycles. The summed E-state index contributed by atoms with van der Waals surface area (Å²) in [5.74, 6) is 1.05. The first-order valence-electron chi connectivity index (χ1n) is 5.68. The van der Waals surface area contributed by atoms with Crippen molar-refractivity contribution in [2.45, 2.75) is 39.4 Å². The van der Waals surface area contributed by atoms with E-state index in [2.05, 4.69) is 29.0 Å². The zero-order valence-corrected chi connectivity index (χ0v) is 10.4. The molecule has 0 spiro atoms. The number of nitrogens with zero attached hydrogens (tertiary/aromatic N) is 2. The van der Waals surface area contributed by atoms with Crippen LogP contribution in [0.1, 0.15) is 26.6 Å². The third kappa shape index (κ3) is 4.95. The summed E-state index contributed by atoms with van der Waals surface area (Å²) in [5, 5.41) is 6.55. The van der Waals surface area contributed by atoms with E-state index in [1.165, 1.54) is 6.33 Å². The van der Waals surface area contributed by atoms with Gasteiger partial charge in [0, 0.05) is 13.0 Å². The lowest BCUT2D eigenvalue weighted by atomic mass is 10.1. The number of carbonyl (C=O) groups is 1. The monoisotopic (exact) mass is 241 g/mol. The van der Waals surface area contributed by atoms with E-state index in [1.54, 1.807) is 0 Å². The minimum Gasteiger partial charge on any atom is -0.461 e. The van der Waals surface area contributed by atoms with E-state index in [4.69, 9.17) is 9.47 Å². The van der Waals surface area contributed by atoms with Crippen LogP contribution in [0.2, 0.25) is 0 Å². The Balaban J connectivity index is 2.49. The van der Waals surface area contributed by atoms with Gasteiger partial charge in [-0.15, -0.1) is 0 Å². The Labute approximate surface area is 101 Å².